The summed E-state index contributed by atoms with van der Waals surface area (Å²) in [5.41, 5.74) is 6.76. The first-order chi connectivity index (χ1) is 9.70. The SMILES string of the molecule is CC(C)C1CCCN1CCCOc1cccc(CN)c1. The molecular formula is C17H28N2O. The van der Waals surface area contributed by atoms with Crippen molar-refractivity contribution in [1.82, 2.24) is 4.90 Å². The van der Waals surface area contributed by atoms with Gasteiger partial charge < -0.3 is 15.4 Å². The molecule has 0 amide bonds. The van der Waals surface area contributed by atoms with Gasteiger partial charge >= 0.3 is 0 Å². The van der Waals surface area contributed by atoms with E-state index in [4.69, 9.17) is 10.5 Å². The van der Waals surface area contributed by atoms with Crippen LogP contribution in [-0.2, 0) is 6.54 Å². The van der Waals surface area contributed by atoms with E-state index in [0.29, 0.717) is 6.54 Å². The van der Waals surface area contributed by atoms with E-state index in [0.717, 1.165) is 42.8 Å². The van der Waals surface area contributed by atoms with Gasteiger partial charge in [0.05, 0.1) is 6.61 Å². The second kappa shape index (κ2) is 7.65. The molecule has 0 aromatic heterocycles. The average Bonchev–Trinajstić information content (AvgIpc) is 2.92. The Balaban J connectivity index is 1.71. The van der Waals surface area contributed by atoms with Crippen LogP contribution in [-0.4, -0.2) is 30.6 Å². The van der Waals surface area contributed by atoms with Gasteiger partial charge in [0.25, 0.3) is 0 Å². The van der Waals surface area contributed by atoms with Crippen LogP contribution in [0.25, 0.3) is 0 Å². The number of hydrogen-bond acceptors (Lipinski definition) is 3. The van der Waals surface area contributed by atoms with Crippen LogP contribution >= 0.6 is 0 Å². The molecule has 1 saturated heterocycles. The number of nitrogens with two attached hydrogens (primary N) is 1. The predicted octanol–water partition coefficient (Wildman–Crippen LogP) is 3.03. The van der Waals surface area contributed by atoms with E-state index in [1.807, 2.05) is 24.3 Å². The van der Waals surface area contributed by atoms with E-state index in [1.54, 1.807) is 0 Å². The molecule has 1 aromatic rings. The highest BCUT2D eigenvalue weighted by molar-refractivity contribution is 5.28. The molecule has 1 unspecified atom stereocenters. The van der Waals surface area contributed by atoms with Gasteiger partial charge in [0.15, 0.2) is 0 Å². The van der Waals surface area contributed by atoms with E-state index < -0.39 is 0 Å². The Hall–Kier alpha value is -1.06. The maximum Gasteiger partial charge on any atom is 0.119 e. The first-order valence-electron chi connectivity index (χ1n) is 7.86. The third-order valence-corrected chi connectivity index (χ3v) is 4.18. The molecule has 0 aliphatic carbocycles. The molecule has 3 nitrogen and oxygen atoms in total. The molecule has 20 heavy (non-hydrogen) atoms. The van der Waals surface area contributed by atoms with Crippen LogP contribution in [0.15, 0.2) is 24.3 Å². The van der Waals surface area contributed by atoms with Crippen LogP contribution < -0.4 is 10.5 Å². The number of ether oxygens (including phenoxy) is 1. The molecule has 2 N–H and O–H groups in total. The van der Waals surface area contributed by atoms with Crippen molar-refractivity contribution in [2.24, 2.45) is 11.7 Å². The number of hydrogen-bond donors (Lipinski definition) is 1. The Bertz CT molecular complexity index is 406. The highest BCUT2D eigenvalue weighted by Gasteiger charge is 2.26. The first kappa shape index (κ1) is 15.3. The van der Waals surface area contributed by atoms with Gasteiger partial charge in [0.1, 0.15) is 5.75 Å². The summed E-state index contributed by atoms with van der Waals surface area (Å²) in [5, 5.41) is 0. The van der Waals surface area contributed by atoms with Gasteiger partial charge in [-0.25, -0.2) is 0 Å². The van der Waals surface area contributed by atoms with E-state index >= 15 is 0 Å². The van der Waals surface area contributed by atoms with Crippen molar-refractivity contribution >= 4 is 0 Å². The quantitative estimate of drug-likeness (QED) is 0.778. The summed E-state index contributed by atoms with van der Waals surface area (Å²) in [5.74, 6) is 1.70. The fourth-order valence-electron chi connectivity index (χ4n) is 3.10. The van der Waals surface area contributed by atoms with Gasteiger partial charge in [-0.05, 0) is 49.4 Å². The molecule has 2 rings (SSSR count). The normalized spacial score (nSPS) is 19.7. The monoisotopic (exact) mass is 276 g/mol. The van der Waals surface area contributed by atoms with Crippen LogP contribution in [0.2, 0.25) is 0 Å². The Morgan fingerprint density at radius 2 is 2.25 bits per heavy atom. The lowest BCUT2D eigenvalue weighted by atomic mass is 10.0. The topological polar surface area (TPSA) is 38.5 Å². The fourth-order valence-corrected chi connectivity index (χ4v) is 3.10. The highest BCUT2D eigenvalue weighted by Crippen LogP contribution is 2.23. The van der Waals surface area contributed by atoms with Gasteiger partial charge in [0, 0.05) is 19.1 Å². The van der Waals surface area contributed by atoms with Crippen molar-refractivity contribution in [2.75, 3.05) is 19.7 Å². The maximum atomic E-state index is 5.82. The van der Waals surface area contributed by atoms with Crippen molar-refractivity contribution in [2.45, 2.75) is 45.7 Å². The fraction of sp³-hybridized carbons (Fsp3) is 0.647. The molecule has 112 valence electrons. The molecule has 1 aromatic carbocycles. The molecule has 0 bridgehead atoms. The second-order valence-corrected chi connectivity index (χ2v) is 6.04. The molecule has 0 saturated carbocycles. The molecular weight excluding hydrogens is 248 g/mol. The van der Waals surface area contributed by atoms with Crippen LogP contribution in [0, 0.1) is 5.92 Å². The third kappa shape index (κ3) is 4.22. The number of likely N-dealkylation sites (tertiary alicyclic amines) is 1. The summed E-state index contributed by atoms with van der Waals surface area (Å²) in [6.45, 7) is 8.43. The largest absolute Gasteiger partial charge is 0.494 e. The summed E-state index contributed by atoms with van der Waals surface area (Å²) >= 11 is 0. The molecule has 1 heterocycles. The Kier molecular flexibility index (Phi) is 5.86. The van der Waals surface area contributed by atoms with Crippen molar-refractivity contribution in [3.05, 3.63) is 29.8 Å². The minimum atomic E-state index is 0.570. The van der Waals surface area contributed by atoms with E-state index in [-0.39, 0.29) is 0 Å². The molecule has 1 fully saturated rings. The van der Waals surface area contributed by atoms with Crippen LogP contribution in [0.4, 0.5) is 0 Å². The molecule has 0 radical (unpaired) electrons. The summed E-state index contributed by atoms with van der Waals surface area (Å²) in [6, 6.07) is 8.85. The van der Waals surface area contributed by atoms with E-state index in [1.165, 1.54) is 19.4 Å². The summed E-state index contributed by atoms with van der Waals surface area (Å²) in [4.78, 5) is 2.63. The van der Waals surface area contributed by atoms with Gasteiger partial charge in [-0.15, -0.1) is 0 Å². The van der Waals surface area contributed by atoms with Gasteiger partial charge in [-0.2, -0.15) is 0 Å². The highest BCUT2D eigenvalue weighted by atomic mass is 16.5. The van der Waals surface area contributed by atoms with Crippen molar-refractivity contribution < 1.29 is 4.74 Å². The Labute approximate surface area is 123 Å². The lowest BCUT2D eigenvalue weighted by molar-refractivity contribution is 0.188. The zero-order valence-electron chi connectivity index (χ0n) is 12.8. The van der Waals surface area contributed by atoms with Gasteiger partial charge in [-0.3, -0.25) is 0 Å². The molecule has 0 spiro atoms. The predicted molar refractivity (Wildman–Crippen MR) is 83.9 cm³/mol. The maximum absolute atomic E-state index is 5.82. The van der Waals surface area contributed by atoms with Gasteiger partial charge in [0.2, 0.25) is 0 Å². The standard InChI is InChI=1S/C17H28N2O/c1-14(2)17-8-4-9-19(17)10-5-11-20-16-7-3-6-15(12-16)13-18/h3,6-7,12,14,17H,4-5,8-11,13,18H2,1-2H3. The number of rotatable bonds is 7. The lowest BCUT2D eigenvalue weighted by Gasteiger charge is -2.27. The summed E-state index contributed by atoms with van der Waals surface area (Å²) < 4.78 is 5.82. The zero-order chi connectivity index (χ0) is 14.4. The van der Waals surface area contributed by atoms with E-state index in [2.05, 4.69) is 18.7 Å². The van der Waals surface area contributed by atoms with Crippen molar-refractivity contribution in [3.8, 4) is 5.75 Å². The molecule has 1 atom stereocenters. The Morgan fingerprint density at radius 1 is 1.40 bits per heavy atom. The smallest absolute Gasteiger partial charge is 0.119 e. The van der Waals surface area contributed by atoms with Crippen molar-refractivity contribution in [1.29, 1.82) is 0 Å². The second-order valence-electron chi connectivity index (χ2n) is 6.04. The Morgan fingerprint density at radius 3 is 3.00 bits per heavy atom. The zero-order valence-corrected chi connectivity index (χ0v) is 12.8. The van der Waals surface area contributed by atoms with Crippen LogP contribution in [0.3, 0.4) is 0 Å². The molecule has 1 aliphatic rings. The lowest BCUT2D eigenvalue weighted by Crippen LogP contribution is -2.34. The minimum Gasteiger partial charge on any atom is -0.494 e. The summed E-state index contributed by atoms with van der Waals surface area (Å²) in [6.07, 6.45) is 3.80. The number of nitrogens with zero attached hydrogens (tertiary/aromatic N) is 1. The first-order valence-corrected chi connectivity index (χ1v) is 7.86. The molecule has 3 heteroatoms. The average molecular weight is 276 g/mol. The van der Waals surface area contributed by atoms with Crippen LogP contribution in [0.1, 0.15) is 38.7 Å². The van der Waals surface area contributed by atoms with Gasteiger partial charge in [-0.1, -0.05) is 26.0 Å². The van der Waals surface area contributed by atoms with Crippen molar-refractivity contribution in [3.63, 3.8) is 0 Å². The molecule has 1 aliphatic heterocycles. The third-order valence-electron chi connectivity index (χ3n) is 4.18. The summed E-state index contributed by atoms with van der Waals surface area (Å²) in [7, 11) is 0. The number of benzene rings is 1. The minimum absolute atomic E-state index is 0.570. The van der Waals surface area contributed by atoms with E-state index in [9.17, 15) is 0 Å². The van der Waals surface area contributed by atoms with Crippen LogP contribution in [0.5, 0.6) is 5.75 Å².